The summed E-state index contributed by atoms with van der Waals surface area (Å²) in [5.74, 6) is -0.0416. The van der Waals surface area contributed by atoms with Crippen LogP contribution in [0.3, 0.4) is 0 Å². The Morgan fingerprint density at radius 2 is 2.24 bits per heavy atom. The van der Waals surface area contributed by atoms with Crippen molar-refractivity contribution in [1.82, 2.24) is 10.3 Å². The van der Waals surface area contributed by atoms with Crippen molar-refractivity contribution in [1.29, 1.82) is 0 Å². The quantitative estimate of drug-likeness (QED) is 0.826. The highest BCUT2D eigenvalue weighted by Gasteiger charge is 2.14. The van der Waals surface area contributed by atoms with Gasteiger partial charge in [-0.1, -0.05) is 0 Å². The predicted molar refractivity (Wildman–Crippen MR) is 83.7 cm³/mol. The van der Waals surface area contributed by atoms with Crippen LogP contribution in [-0.2, 0) is 9.53 Å². The number of hydrogen-bond donors (Lipinski definition) is 2. The molecule has 0 radical (unpaired) electrons. The molecule has 2 N–H and O–H groups in total. The van der Waals surface area contributed by atoms with Crippen LogP contribution in [0, 0.1) is 0 Å². The molecular formula is C15H24N4O2. The van der Waals surface area contributed by atoms with Crippen LogP contribution in [0.4, 0.5) is 11.4 Å². The van der Waals surface area contributed by atoms with Crippen molar-refractivity contribution < 1.29 is 9.53 Å². The van der Waals surface area contributed by atoms with Gasteiger partial charge in [-0.15, -0.1) is 0 Å². The molecule has 2 heterocycles. The second-order valence-electron chi connectivity index (χ2n) is 5.41. The van der Waals surface area contributed by atoms with Gasteiger partial charge in [-0.25, -0.2) is 0 Å². The molecule has 6 nitrogen and oxygen atoms in total. The Labute approximate surface area is 125 Å². The van der Waals surface area contributed by atoms with Gasteiger partial charge in [-0.2, -0.15) is 0 Å². The van der Waals surface area contributed by atoms with Gasteiger partial charge in [-0.05, 0) is 32.0 Å². The zero-order chi connectivity index (χ0) is 15.1. The van der Waals surface area contributed by atoms with Gasteiger partial charge in [0.2, 0.25) is 5.91 Å². The van der Waals surface area contributed by atoms with Crippen LogP contribution in [0.5, 0.6) is 0 Å². The lowest BCUT2D eigenvalue weighted by molar-refractivity contribution is -0.117. The highest BCUT2D eigenvalue weighted by Crippen LogP contribution is 2.22. The summed E-state index contributed by atoms with van der Waals surface area (Å²) < 4.78 is 5.74. The molecule has 0 bridgehead atoms. The molecule has 2 rings (SSSR count). The SMILES string of the molecule is CN(C)c1ccncc1NC(=O)CCOC1CCNCC1. The van der Waals surface area contributed by atoms with Crippen LogP contribution in [0.1, 0.15) is 19.3 Å². The minimum absolute atomic E-state index is 0.0416. The van der Waals surface area contributed by atoms with Crippen LogP contribution in [-0.4, -0.2) is 50.8 Å². The fourth-order valence-corrected chi connectivity index (χ4v) is 2.37. The Bertz CT molecular complexity index is 459. The Morgan fingerprint density at radius 1 is 1.48 bits per heavy atom. The maximum atomic E-state index is 12.0. The molecule has 0 atom stereocenters. The Kier molecular flexibility index (Phi) is 5.95. The first-order valence-corrected chi connectivity index (χ1v) is 7.40. The molecule has 116 valence electrons. The minimum atomic E-state index is -0.0416. The minimum Gasteiger partial charge on any atom is -0.378 e. The summed E-state index contributed by atoms with van der Waals surface area (Å²) >= 11 is 0. The van der Waals surface area contributed by atoms with E-state index in [1.807, 2.05) is 25.1 Å². The van der Waals surface area contributed by atoms with E-state index in [4.69, 9.17) is 4.74 Å². The fourth-order valence-electron chi connectivity index (χ4n) is 2.37. The van der Waals surface area contributed by atoms with E-state index in [1.165, 1.54) is 0 Å². The lowest BCUT2D eigenvalue weighted by Crippen LogP contribution is -2.33. The summed E-state index contributed by atoms with van der Waals surface area (Å²) in [7, 11) is 3.87. The Hall–Kier alpha value is -1.66. The van der Waals surface area contributed by atoms with Gasteiger partial charge < -0.3 is 20.3 Å². The third-order valence-corrected chi connectivity index (χ3v) is 3.52. The molecule has 0 unspecified atom stereocenters. The Balaban J connectivity index is 1.76. The summed E-state index contributed by atoms with van der Waals surface area (Å²) in [6, 6.07) is 1.88. The normalized spacial score (nSPS) is 15.7. The van der Waals surface area contributed by atoms with Crippen molar-refractivity contribution in [2.75, 3.05) is 44.0 Å². The van der Waals surface area contributed by atoms with Gasteiger partial charge in [0.1, 0.15) is 0 Å². The number of pyridine rings is 1. The molecule has 1 aliphatic heterocycles. The molecule has 21 heavy (non-hydrogen) atoms. The number of aromatic nitrogens is 1. The van der Waals surface area contributed by atoms with Gasteiger partial charge in [0, 0.05) is 20.3 Å². The lowest BCUT2D eigenvalue weighted by Gasteiger charge is -2.23. The largest absolute Gasteiger partial charge is 0.378 e. The van der Waals surface area contributed by atoms with E-state index in [1.54, 1.807) is 12.4 Å². The smallest absolute Gasteiger partial charge is 0.226 e. The molecular weight excluding hydrogens is 268 g/mol. The van der Waals surface area contributed by atoms with Crippen molar-refractivity contribution in [3.8, 4) is 0 Å². The number of nitrogens with zero attached hydrogens (tertiary/aromatic N) is 2. The van der Waals surface area contributed by atoms with Crippen molar-refractivity contribution in [2.45, 2.75) is 25.4 Å². The molecule has 0 aliphatic carbocycles. The molecule has 0 saturated carbocycles. The lowest BCUT2D eigenvalue weighted by atomic mass is 10.1. The number of ether oxygens (including phenoxy) is 1. The zero-order valence-electron chi connectivity index (χ0n) is 12.8. The molecule has 0 aromatic carbocycles. The number of amides is 1. The maximum absolute atomic E-state index is 12.0. The summed E-state index contributed by atoms with van der Waals surface area (Å²) in [5.41, 5.74) is 1.67. The molecule has 6 heteroatoms. The average Bonchev–Trinajstić information content (AvgIpc) is 2.48. The first-order valence-electron chi connectivity index (χ1n) is 7.40. The number of carbonyl (C=O) groups is 1. The second-order valence-corrected chi connectivity index (χ2v) is 5.41. The van der Waals surface area contributed by atoms with E-state index in [9.17, 15) is 4.79 Å². The van der Waals surface area contributed by atoms with E-state index < -0.39 is 0 Å². The highest BCUT2D eigenvalue weighted by molar-refractivity contribution is 5.94. The van der Waals surface area contributed by atoms with Crippen molar-refractivity contribution in [2.24, 2.45) is 0 Å². The number of rotatable bonds is 6. The molecule has 1 saturated heterocycles. The number of hydrogen-bond acceptors (Lipinski definition) is 5. The highest BCUT2D eigenvalue weighted by atomic mass is 16.5. The molecule has 0 spiro atoms. The molecule has 1 aliphatic rings. The standard InChI is InChI=1S/C15H24N4O2/c1-19(2)14-5-9-17-11-13(14)18-15(20)6-10-21-12-3-7-16-8-4-12/h5,9,11-12,16H,3-4,6-8,10H2,1-2H3,(H,18,20). The predicted octanol–water partition coefficient (Wildman–Crippen LogP) is 1.24. The van der Waals surface area contributed by atoms with Crippen LogP contribution >= 0.6 is 0 Å². The number of carbonyl (C=O) groups excluding carboxylic acids is 1. The van der Waals surface area contributed by atoms with E-state index in [0.717, 1.165) is 37.3 Å². The van der Waals surface area contributed by atoms with E-state index >= 15 is 0 Å². The van der Waals surface area contributed by atoms with Crippen LogP contribution in [0.2, 0.25) is 0 Å². The monoisotopic (exact) mass is 292 g/mol. The van der Waals surface area contributed by atoms with Gasteiger partial charge in [-0.3, -0.25) is 9.78 Å². The number of nitrogens with one attached hydrogen (secondary N) is 2. The van der Waals surface area contributed by atoms with E-state index in [2.05, 4.69) is 15.6 Å². The summed E-state index contributed by atoms with van der Waals surface area (Å²) in [4.78, 5) is 18.0. The first-order chi connectivity index (χ1) is 10.2. The summed E-state index contributed by atoms with van der Waals surface area (Å²) in [6.07, 6.45) is 6.08. The van der Waals surface area contributed by atoms with E-state index in [-0.39, 0.29) is 12.0 Å². The van der Waals surface area contributed by atoms with Crippen molar-refractivity contribution in [3.05, 3.63) is 18.5 Å². The molecule has 1 fully saturated rings. The second kappa shape index (κ2) is 7.95. The number of piperidine rings is 1. The van der Waals surface area contributed by atoms with E-state index in [0.29, 0.717) is 13.0 Å². The Morgan fingerprint density at radius 3 is 2.95 bits per heavy atom. The van der Waals surface area contributed by atoms with Gasteiger partial charge in [0.05, 0.1) is 36.7 Å². The third-order valence-electron chi connectivity index (χ3n) is 3.52. The average molecular weight is 292 g/mol. The van der Waals surface area contributed by atoms with Crippen molar-refractivity contribution >= 4 is 17.3 Å². The molecule has 1 aromatic heterocycles. The maximum Gasteiger partial charge on any atom is 0.226 e. The first kappa shape index (κ1) is 15.7. The third kappa shape index (κ3) is 4.99. The molecule has 1 aromatic rings. The molecule has 1 amide bonds. The number of anilines is 2. The summed E-state index contributed by atoms with van der Waals surface area (Å²) in [5, 5.41) is 6.19. The van der Waals surface area contributed by atoms with Crippen molar-refractivity contribution in [3.63, 3.8) is 0 Å². The van der Waals surface area contributed by atoms with Crippen LogP contribution in [0.15, 0.2) is 18.5 Å². The topological polar surface area (TPSA) is 66.5 Å². The van der Waals surface area contributed by atoms with Gasteiger partial charge >= 0.3 is 0 Å². The van der Waals surface area contributed by atoms with Crippen LogP contribution in [0.25, 0.3) is 0 Å². The van der Waals surface area contributed by atoms with Gasteiger partial charge in [0.15, 0.2) is 0 Å². The zero-order valence-corrected chi connectivity index (χ0v) is 12.8. The fraction of sp³-hybridized carbons (Fsp3) is 0.600. The van der Waals surface area contributed by atoms with Crippen LogP contribution < -0.4 is 15.5 Å². The van der Waals surface area contributed by atoms with Gasteiger partial charge in [0.25, 0.3) is 0 Å². The summed E-state index contributed by atoms with van der Waals surface area (Å²) in [6.45, 7) is 2.46.